The number of carbonyl (C=O) groups excluding carboxylic acids is 2. The molecule has 1 spiro atoms. The van der Waals surface area contributed by atoms with Crippen molar-refractivity contribution in [2.45, 2.75) is 45.6 Å². The Bertz CT molecular complexity index is 639. The van der Waals surface area contributed by atoms with E-state index in [4.69, 9.17) is 0 Å². The van der Waals surface area contributed by atoms with E-state index in [-0.39, 0.29) is 29.2 Å². The molecular weight excluding hydrogens is 336 g/mol. The van der Waals surface area contributed by atoms with Gasteiger partial charge in [0.2, 0.25) is 5.91 Å². The smallest absolute Gasteiger partial charge is 0.269 e. The summed E-state index contributed by atoms with van der Waals surface area (Å²) in [5, 5.41) is 9.66. The Morgan fingerprint density at radius 1 is 1.48 bits per heavy atom. The fourth-order valence-corrected chi connectivity index (χ4v) is 5.22. The molecule has 6 nitrogen and oxygen atoms in total. The monoisotopic (exact) mass is 364 g/mol. The van der Waals surface area contributed by atoms with Crippen molar-refractivity contribution in [2.75, 3.05) is 25.1 Å². The lowest BCUT2D eigenvalue weighted by Crippen LogP contribution is -2.43. The van der Waals surface area contributed by atoms with Gasteiger partial charge in [0, 0.05) is 31.1 Å². The van der Waals surface area contributed by atoms with Gasteiger partial charge in [0.15, 0.2) is 0 Å². The first-order valence-electron chi connectivity index (χ1n) is 9.12. The normalized spacial score (nSPS) is 22.4. The van der Waals surface area contributed by atoms with Crippen LogP contribution in [0.3, 0.4) is 0 Å². The molecule has 7 heteroatoms. The van der Waals surface area contributed by atoms with E-state index in [0.717, 1.165) is 18.4 Å². The maximum atomic E-state index is 12.7. The summed E-state index contributed by atoms with van der Waals surface area (Å²) in [5.74, 6) is 2.65. The molecule has 0 radical (unpaired) electrons. The number of aryl methyl sites for hydroxylation is 1. The Morgan fingerprint density at radius 2 is 2.20 bits per heavy atom. The van der Waals surface area contributed by atoms with Crippen LogP contribution < -0.4 is 5.32 Å². The molecule has 2 amide bonds. The lowest BCUT2D eigenvalue weighted by molar-refractivity contribution is -0.132. The number of hydrogen-bond donors (Lipinski definition) is 2. The molecule has 138 valence electrons. The van der Waals surface area contributed by atoms with Crippen LogP contribution in [-0.4, -0.2) is 58.1 Å². The van der Waals surface area contributed by atoms with Crippen molar-refractivity contribution >= 4 is 23.6 Å². The summed E-state index contributed by atoms with van der Waals surface area (Å²) in [5.41, 5.74) is 1.71. The van der Waals surface area contributed by atoms with Gasteiger partial charge in [-0.3, -0.25) is 14.7 Å². The Labute approximate surface area is 153 Å². The topological polar surface area (TPSA) is 78.1 Å². The highest BCUT2D eigenvalue weighted by Crippen LogP contribution is 2.61. The van der Waals surface area contributed by atoms with Gasteiger partial charge in [0.25, 0.3) is 5.91 Å². The van der Waals surface area contributed by atoms with Crippen molar-refractivity contribution in [1.82, 2.24) is 20.4 Å². The number of thioether (sulfide) groups is 1. The number of nitrogens with zero attached hydrogens (tertiary/aromatic N) is 2. The van der Waals surface area contributed by atoms with Gasteiger partial charge < -0.3 is 10.2 Å². The van der Waals surface area contributed by atoms with Gasteiger partial charge in [-0.05, 0) is 49.5 Å². The number of aromatic amines is 1. The molecule has 25 heavy (non-hydrogen) atoms. The number of H-pyrrole nitrogens is 1. The van der Waals surface area contributed by atoms with Crippen molar-refractivity contribution < 1.29 is 9.59 Å². The van der Waals surface area contributed by atoms with Gasteiger partial charge in [-0.2, -0.15) is 16.9 Å². The van der Waals surface area contributed by atoms with Crippen LogP contribution in [0, 0.1) is 11.3 Å². The fraction of sp³-hybridized carbons (Fsp3) is 0.722. The predicted molar refractivity (Wildman–Crippen MR) is 99.6 cm³/mol. The Balaban J connectivity index is 1.50. The first kappa shape index (κ1) is 18.3. The van der Waals surface area contributed by atoms with E-state index in [1.54, 1.807) is 11.1 Å². The molecule has 1 aromatic heterocycles. The van der Waals surface area contributed by atoms with Crippen molar-refractivity contribution in [3.05, 3.63) is 17.5 Å². The number of hydrogen-bond acceptors (Lipinski definition) is 4. The number of amides is 2. The molecule has 2 unspecified atom stereocenters. The summed E-state index contributed by atoms with van der Waals surface area (Å²) in [6, 6.07) is -0.105. The van der Waals surface area contributed by atoms with Crippen LogP contribution in [-0.2, 0) is 11.2 Å². The average Bonchev–Trinajstić information content (AvgIpc) is 3.07. The quantitative estimate of drug-likeness (QED) is 0.810. The molecule has 0 bridgehead atoms. The van der Waals surface area contributed by atoms with Crippen LogP contribution in [0.4, 0.5) is 0 Å². The van der Waals surface area contributed by atoms with E-state index in [1.807, 2.05) is 32.7 Å². The first-order valence-corrected chi connectivity index (χ1v) is 10.3. The summed E-state index contributed by atoms with van der Waals surface area (Å²) in [6.07, 6.45) is 5.84. The van der Waals surface area contributed by atoms with E-state index in [9.17, 15) is 9.59 Å². The van der Waals surface area contributed by atoms with Crippen LogP contribution >= 0.6 is 11.8 Å². The SMILES string of the molecule is CCc1cn[nH]c1C(=O)NC(C)CN(C)C(=O)C1CC12CCSCC2. The minimum absolute atomic E-state index is 0.105. The summed E-state index contributed by atoms with van der Waals surface area (Å²) in [4.78, 5) is 26.9. The van der Waals surface area contributed by atoms with E-state index in [2.05, 4.69) is 15.5 Å². The molecular formula is C18H28N4O2S. The molecule has 1 saturated carbocycles. The average molecular weight is 365 g/mol. The lowest BCUT2D eigenvalue weighted by Gasteiger charge is -2.26. The van der Waals surface area contributed by atoms with Gasteiger partial charge in [-0.15, -0.1) is 0 Å². The fourth-order valence-electron chi connectivity index (χ4n) is 3.91. The molecule has 1 saturated heterocycles. The summed E-state index contributed by atoms with van der Waals surface area (Å²) >= 11 is 2.00. The highest BCUT2D eigenvalue weighted by atomic mass is 32.2. The minimum Gasteiger partial charge on any atom is -0.346 e. The van der Waals surface area contributed by atoms with Crippen LogP contribution in [0.1, 0.15) is 49.2 Å². The number of likely N-dealkylation sites (N-methyl/N-ethyl adjacent to an activating group) is 1. The number of aromatic nitrogens is 2. The molecule has 2 fully saturated rings. The third-order valence-electron chi connectivity index (χ3n) is 5.60. The maximum Gasteiger partial charge on any atom is 0.269 e. The third kappa shape index (κ3) is 3.86. The zero-order valence-electron chi connectivity index (χ0n) is 15.3. The van der Waals surface area contributed by atoms with Crippen molar-refractivity contribution in [2.24, 2.45) is 11.3 Å². The van der Waals surface area contributed by atoms with Gasteiger partial charge in [-0.25, -0.2) is 0 Å². The second kappa shape index (κ2) is 7.40. The Morgan fingerprint density at radius 3 is 2.88 bits per heavy atom. The number of carbonyl (C=O) groups is 2. The maximum absolute atomic E-state index is 12.7. The third-order valence-corrected chi connectivity index (χ3v) is 6.59. The van der Waals surface area contributed by atoms with Crippen LogP contribution in [0.5, 0.6) is 0 Å². The zero-order valence-corrected chi connectivity index (χ0v) is 16.1. The van der Waals surface area contributed by atoms with Crippen molar-refractivity contribution in [1.29, 1.82) is 0 Å². The second-order valence-electron chi connectivity index (χ2n) is 7.45. The van der Waals surface area contributed by atoms with E-state index in [1.165, 1.54) is 24.3 Å². The summed E-state index contributed by atoms with van der Waals surface area (Å²) in [6.45, 7) is 4.46. The van der Waals surface area contributed by atoms with Crippen LogP contribution in [0.15, 0.2) is 6.20 Å². The Hall–Kier alpha value is -1.50. The molecule has 1 aromatic rings. The highest BCUT2D eigenvalue weighted by Gasteiger charge is 2.58. The minimum atomic E-state index is -0.158. The molecule has 1 aliphatic heterocycles. The van der Waals surface area contributed by atoms with E-state index >= 15 is 0 Å². The molecule has 3 rings (SSSR count). The number of rotatable bonds is 6. The van der Waals surface area contributed by atoms with Crippen molar-refractivity contribution in [3.63, 3.8) is 0 Å². The molecule has 2 atom stereocenters. The van der Waals surface area contributed by atoms with Crippen molar-refractivity contribution in [3.8, 4) is 0 Å². The molecule has 2 aliphatic rings. The lowest BCUT2D eigenvalue weighted by atomic mass is 9.96. The molecule has 0 aromatic carbocycles. The van der Waals surface area contributed by atoms with Gasteiger partial charge in [0.05, 0.1) is 6.20 Å². The van der Waals surface area contributed by atoms with Crippen LogP contribution in [0.25, 0.3) is 0 Å². The largest absolute Gasteiger partial charge is 0.346 e. The summed E-state index contributed by atoms with van der Waals surface area (Å²) < 4.78 is 0. The zero-order chi connectivity index (χ0) is 18.0. The second-order valence-corrected chi connectivity index (χ2v) is 8.67. The van der Waals surface area contributed by atoms with Gasteiger partial charge in [-0.1, -0.05) is 6.92 Å². The predicted octanol–water partition coefficient (Wildman–Crippen LogP) is 2.08. The van der Waals surface area contributed by atoms with E-state index < -0.39 is 0 Å². The molecule has 2 N–H and O–H groups in total. The van der Waals surface area contributed by atoms with E-state index in [0.29, 0.717) is 12.2 Å². The Kier molecular flexibility index (Phi) is 5.41. The molecule has 2 heterocycles. The standard InChI is InChI=1S/C18H28N4O2S/c1-4-13-10-19-21-15(13)16(23)20-12(2)11-22(3)17(24)14-9-18(14)5-7-25-8-6-18/h10,12,14H,4-9,11H2,1-3H3,(H,19,21)(H,20,23). The van der Waals surface area contributed by atoms with Gasteiger partial charge in [0.1, 0.15) is 5.69 Å². The number of nitrogens with one attached hydrogen (secondary N) is 2. The van der Waals surface area contributed by atoms with Crippen LogP contribution in [0.2, 0.25) is 0 Å². The highest BCUT2D eigenvalue weighted by molar-refractivity contribution is 7.99. The first-order chi connectivity index (χ1) is 12.0. The summed E-state index contributed by atoms with van der Waals surface area (Å²) in [7, 11) is 1.85. The van der Waals surface area contributed by atoms with Gasteiger partial charge >= 0.3 is 0 Å². The molecule has 1 aliphatic carbocycles.